The number of phosphoric acid groups is 1. The number of hydrogen-bond donors (Lipinski definition) is 0. The highest BCUT2D eigenvalue weighted by Crippen LogP contribution is 2.38. The maximum absolute atomic E-state index is 12.7. The molecule has 0 heterocycles. The van der Waals surface area contributed by atoms with Crippen molar-refractivity contribution in [2.24, 2.45) is 0 Å². The van der Waals surface area contributed by atoms with Gasteiger partial charge in [-0.3, -0.25) is 9.36 Å². The molecule has 0 spiro atoms. The monoisotopic (exact) mass is 884 g/mol. The van der Waals surface area contributed by atoms with Gasteiger partial charge in [0.25, 0.3) is 7.82 Å². The van der Waals surface area contributed by atoms with Crippen LogP contribution in [0.3, 0.4) is 0 Å². The third-order valence-electron chi connectivity index (χ3n) is 11.5. The average molecular weight is 884 g/mol. The lowest BCUT2D eigenvalue weighted by molar-refractivity contribution is -0.870. The molecule has 0 bridgehead atoms. The number of nitrogens with zero attached hydrogens (tertiary/aromatic N) is 1. The standard InChI is InChI=1S/C52H102NO7P/c1-6-8-10-12-14-16-18-20-22-24-25-26-27-28-29-30-31-33-35-37-39-41-43-45-52(54)60-51(50-59-61(55,56)58-48-46-53(3,4)5)49-57-47-44-42-40-38-36-34-32-23-21-19-17-15-13-11-9-7-2/h15,17,21,23,51H,6-14,16,18-20,22,24-50H2,1-5H3/b17-15-,23-21-. The Balaban J connectivity index is 4.08. The molecule has 0 amide bonds. The Labute approximate surface area is 379 Å². The zero-order chi connectivity index (χ0) is 44.8. The van der Waals surface area contributed by atoms with Crippen molar-refractivity contribution in [1.82, 2.24) is 0 Å². The maximum Gasteiger partial charge on any atom is 0.306 e. The fraction of sp³-hybridized carbons (Fsp3) is 0.904. The summed E-state index contributed by atoms with van der Waals surface area (Å²) in [6, 6.07) is 0. The van der Waals surface area contributed by atoms with E-state index >= 15 is 0 Å². The van der Waals surface area contributed by atoms with E-state index in [1.165, 1.54) is 180 Å². The highest BCUT2D eigenvalue weighted by molar-refractivity contribution is 7.45. The number of phosphoric ester groups is 1. The van der Waals surface area contributed by atoms with Gasteiger partial charge in [-0.2, -0.15) is 0 Å². The Bertz CT molecular complexity index is 1030. The zero-order valence-electron chi connectivity index (χ0n) is 41.1. The normalized spacial score (nSPS) is 13.7. The fourth-order valence-electron chi connectivity index (χ4n) is 7.46. The summed E-state index contributed by atoms with van der Waals surface area (Å²) in [5.74, 6) is -0.332. The average Bonchev–Trinajstić information content (AvgIpc) is 3.22. The molecule has 61 heavy (non-hydrogen) atoms. The molecule has 0 aromatic carbocycles. The molecule has 0 radical (unpaired) electrons. The van der Waals surface area contributed by atoms with Crippen molar-refractivity contribution < 1.29 is 37.3 Å². The van der Waals surface area contributed by atoms with Crippen LogP contribution >= 0.6 is 7.82 Å². The predicted molar refractivity (Wildman–Crippen MR) is 259 cm³/mol. The van der Waals surface area contributed by atoms with Crippen LogP contribution in [-0.4, -0.2) is 70.7 Å². The first kappa shape index (κ1) is 60.0. The van der Waals surface area contributed by atoms with E-state index in [-0.39, 0.29) is 25.8 Å². The molecule has 0 aliphatic heterocycles. The van der Waals surface area contributed by atoms with Gasteiger partial charge < -0.3 is 27.9 Å². The van der Waals surface area contributed by atoms with Crippen LogP contribution in [0.5, 0.6) is 0 Å². The van der Waals surface area contributed by atoms with Crippen molar-refractivity contribution in [2.45, 2.75) is 251 Å². The zero-order valence-corrected chi connectivity index (χ0v) is 42.0. The van der Waals surface area contributed by atoms with Crippen molar-refractivity contribution in [3.63, 3.8) is 0 Å². The van der Waals surface area contributed by atoms with Gasteiger partial charge in [-0.25, -0.2) is 0 Å². The SMILES string of the molecule is CCCCC/C=C\C/C=C\CCCCCCCCOCC(COP(=O)([O-])OCC[N+](C)(C)C)OC(=O)CCCCCCCCCCCCCCCCCCCCCCCCC. The molecular formula is C52H102NO7P. The first-order valence-corrected chi connectivity index (χ1v) is 27.5. The number of unbranched alkanes of at least 4 members (excludes halogenated alkanes) is 31. The van der Waals surface area contributed by atoms with Gasteiger partial charge in [-0.05, 0) is 44.9 Å². The van der Waals surface area contributed by atoms with Crippen LogP contribution in [0.25, 0.3) is 0 Å². The van der Waals surface area contributed by atoms with Crippen molar-refractivity contribution in [1.29, 1.82) is 0 Å². The molecule has 362 valence electrons. The minimum absolute atomic E-state index is 0.0261. The number of likely N-dealkylation sites (N-methyl/N-ethyl adjacent to an activating group) is 1. The van der Waals surface area contributed by atoms with E-state index in [1.54, 1.807) is 0 Å². The van der Waals surface area contributed by atoms with E-state index in [1.807, 2.05) is 21.1 Å². The third kappa shape index (κ3) is 49.8. The summed E-state index contributed by atoms with van der Waals surface area (Å²) < 4.78 is 34.7. The number of ether oxygens (including phenoxy) is 2. The molecule has 0 aliphatic carbocycles. The second kappa shape index (κ2) is 45.5. The van der Waals surface area contributed by atoms with Crippen LogP contribution in [-0.2, 0) is 27.9 Å². The predicted octanol–water partition coefficient (Wildman–Crippen LogP) is 15.3. The summed E-state index contributed by atoms with van der Waals surface area (Å²) in [6.45, 7) is 5.41. The Morgan fingerprint density at radius 3 is 1.36 bits per heavy atom. The molecule has 0 saturated heterocycles. The first-order chi connectivity index (χ1) is 29.6. The molecule has 0 aromatic rings. The molecule has 0 aliphatic rings. The van der Waals surface area contributed by atoms with Gasteiger partial charge in [0, 0.05) is 13.0 Å². The Morgan fingerprint density at radius 1 is 0.508 bits per heavy atom. The summed E-state index contributed by atoms with van der Waals surface area (Å²) in [5.41, 5.74) is 0. The van der Waals surface area contributed by atoms with Crippen LogP contribution in [0.1, 0.15) is 245 Å². The largest absolute Gasteiger partial charge is 0.756 e. The highest BCUT2D eigenvalue weighted by Gasteiger charge is 2.20. The fourth-order valence-corrected chi connectivity index (χ4v) is 8.19. The van der Waals surface area contributed by atoms with Crippen LogP contribution in [0.2, 0.25) is 0 Å². The molecule has 0 saturated carbocycles. The van der Waals surface area contributed by atoms with Crippen molar-refractivity contribution in [3.8, 4) is 0 Å². The summed E-state index contributed by atoms with van der Waals surface area (Å²) in [5, 5.41) is 0. The smallest absolute Gasteiger partial charge is 0.306 e. The molecular weight excluding hydrogens is 782 g/mol. The van der Waals surface area contributed by atoms with Gasteiger partial charge in [0.05, 0.1) is 34.4 Å². The van der Waals surface area contributed by atoms with Gasteiger partial charge in [0.15, 0.2) is 0 Å². The Morgan fingerprint density at radius 2 is 0.902 bits per heavy atom. The lowest BCUT2D eigenvalue weighted by atomic mass is 10.0. The summed E-state index contributed by atoms with van der Waals surface area (Å²) in [6.07, 6.45) is 53.5. The number of esters is 1. The lowest BCUT2D eigenvalue weighted by Gasteiger charge is -2.28. The molecule has 0 rings (SSSR count). The van der Waals surface area contributed by atoms with Crippen molar-refractivity contribution in [3.05, 3.63) is 24.3 Å². The number of hydrogen-bond acceptors (Lipinski definition) is 7. The molecule has 2 atom stereocenters. The third-order valence-corrected chi connectivity index (χ3v) is 12.5. The minimum Gasteiger partial charge on any atom is -0.756 e. The molecule has 0 aromatic heterocycles. The number of quaternary nitrogens is 1. The van der Waals surface area contributed by atoms with Crippen molar-refractivity contribution >= 4 is 13.8 Å². The highest BCUT2D eigenvalue weighted by atomic mass is 31.2. The number of allylic oxidation sites excluding steroid dienone is 4. The van der Waals surface area contributed by atoms with Crippen LogP contribution in [0.15, 0.2) is 24.3 Å². The topological polar surface area (TPSA) is 94.1 Å². The lowest BCUT2D eigenvalue weighted by Crippen LogP contribution is -2.37. The molecule has 2 unspecified atom stereocenters. The van der Waals surface area contributed by atoms with E-state index in [0.717, 1.165) is 44.9 Å². The molecule has 0 fully saturated rings. The van der Waals surface area contributed by atoms with Gasteiger partial charge >= 0.3 is 5.97 Å². The van der Waals surface area contributed by atoms with E-state index in [0.29, 0.717) is 24.1 Å². The first-order valence-electron chi connectivity index (χ1n) is 26.1. The number of carbonyl (C=O) groups excluding carboxylic acids is 1. The van der Waals surface area contributed by atoms with E-state index in [9.17, 15) is 14.3 Å². The quantitative estimate of drug-likeness (QED) is 0.0197. The van der Waals surface area contributed by atoms with Crippen molar-refractivity contribution in [2.75, 3.05) is 54.1 Å². The second-order valence-electron chi connectivity index (χ2n) is 18.9. The molecule has 9 heteroatoms. The molecule has 0 N–H and O–H groups in total. The Hall–Kier alpha value is -1.02. The number of carbonyl (C=O) groups is 1. The molecule has 8 nitrogen and oxygen atoms in total. The number of rotatable bonds is 49. The van der Waals surface area contributed by atoms with Crippen LogP contribution in [0.4, 0.5) is 0 Å². The minimum atomic E-state index is -4.53. The van der Waals surface area contributed by atoms with Gasteiger partial charge in [0.1, 0.15) is 19.3 Å². The van der Waals surface area contributed by atoms with Crippen LogP contribution in [0, 0.1) is 0 Å². The Kier molecular flexibility index (Phi) is 44.8. The summed E-state index contributed by atoms with van der Waals surface area (Å²) in [7, 11) is 1.36. The van der Waals surface area contributed by atoms with Gasteiger partial charge in [0.2, 0.25) is 0 Å². The second-order valence-corrected chi connectivity index (χ2v) is 20.3. The van der Waals surface area contributed by atoms with E-state index in [2.05, 4.69) is 38.2 Å². The van der Waals surface area contributed by atoms with Gasteiger partial charge in [-0.15, -0.1) is 0 Å². The summed E-state index contributed by atoms with van der Waals surface area (Å²) in [4.78, 5) is 25.2. The van der Waals surface area contributed by atoms with E-state index < -0.39 is 13.9 Å². The van der Waals surface area contributed by atoms with Gasteiger partial charge in [-0.1, -0.05) is 218 Å². The maximum atomic E-state index is 12.7. The van der Waals surface area contributed by atoms with Crippen LogP contribution < -0.4 is 4.89 Å². The summed E-state index contributed by atoms with van der Waals surface area (Å²) >= 11 is 0. The van der Waals surface area contributed by atoms with E-state index in [4.69, 9.17) is 18.5 Å².